The zero-order valence-corrected chi connectivity index (χ0v) is 9.92. The lowest BCUT2D eigenvalue weighted by Gasteiger charge is -2.14. The Bertz CT molecular complexity index is 562. The molecule has 0 amide bonds. The van der Waals surface area contributed by atoms with Gasteiger partial charge in [-0.15, -0.1) is 0 Å². The van der Waals surface area contributed by atoms with Crippen molar-refractivity contribution in [3.63, 3.8) is 0 Å². The van der Waals surface area contributed by atoms with Crippen LogP contribution in [0.25, 0.3) is 11.1 Å². The van der Waals surface area contributed by atoms with Gasteiger partial charge in [0.1, 0.15) is 5.82 Å². The molecule has 0 spiro atoms. The van der Waals surface area contributed by atoms with E-state index in [4.69, 9.17) is 0 Å². The van der Waals surface area contributed by atoms with Gasteiger partial charge in [-0.25, -0.2) is 9.97 Å². The predicted molar refractivity (Wildman–Crippen MR) is 61.9 cm³/mol. The Labute approximate surface area is 103 Å². The maximum Gasteiger partial charge on any atom is 0.434 e. The lowest BCUT2D eigenvalue weighted by Crippen LogP contribution is -2.13. The normalized spacial score (nSPS) is 11.6. The third kappa shape index (κ3) is 2.34. The summed E-state index contributed by atoms with van der Waals surface area (Å²) in [5.74, 6) is 0.125. The Morgan fingerprint density at radius 2 is 1.56 bits per heavy atom. The van der Waals surface area contributed by atoms with E-state index in [1.807, 2.05) is 0 Å². The molecule has 0 saturated carbocycles. The first kappa shape index (κ1) is 12.5. The monoisotopic (exact) mass is 252 g/mol. The van der Waals surface area contributed by atoms with Crippen LogP contribution in [0.5, 0.6) is 0 Å². The molecule has 0 atom stereocenters. The average Bonchev–Trinajstić information content (AvgIpc) is 2.28. The van der Waals surface area contributed by atoms with Crippen molar-refractivity contribution in [3.8, 4) is 11.1 Å². The number of nitrogens with zero attached hydrogens (tertiary/aromatic N) is 2. The van der Waals surface area contributed by atoms with Gasteiger partial charge in [-0.1, -0.05) is 30.3 Å². The lowest BCUT2D eigenvalue weighted by atomic mass is 10.0. The molecule has 0 aliphatic heterocycles. The fraction of sp³-hybridized carbons (Fsp3) is 0.231. The average molecular weight is 252 g/mol. The fourth-order valence-corrected chi connectivity index (χ4v) is 1.87. The fourth-order valence-electron chi connectivity index (χ4n) is 1.87. The van der Waals surface area contributed by atoms with Gasteiger partial charge in [-0.3, -0.25) is 0 Å². The number of rotatable bonds is 1. The second-order valence-electron chi connectivity index (χ2n) is 3.94. The number of hydrogen-bond acceptors (Lipinski definition) is 2. The first-order valence-corrected chi connectivity index (χ1v) is 5.37. The van der Waals surface area contributed by atoms with Crippen molar-refractivity contribution in [2.75, 3.05) is 0 Å². The minimum absolute atomic E-state index is 0.0497. The van der Waals surface area contributed by atoms with Crippen molar-refractivity contribution in [2.45, 2.75) is 20.0 Å². The van der Waals surface area contributed by atoms with E-state index in [0.29, 0.717) is 11.3 Å². The van der Waals surface area contributed by atoms with E-state index >= 15 is 0 Å². The summed E-state index contributed by atoms with van der Waals surface area (Å²) >= 11 is 0. The van der Waals surface area contributed by atoms with Crippen LogP contribution in [0.3, 0.4) is 0 Å². The maximum absolute atomic E-state index is 13.0. The molecule has 94 valence electrons. The molecule has 1 aromatic heterocycles. The Balaban J connectivity index is 2.74. The van der Waals surface area contributed by atoms with E-state index in [1.165, 1.54) is 6.92 Å². The molecule has 0 aliphatic rings. The summed E-state index contributed by atoms with van der Waals surface area (Å²) in [5, 5.41) is 0. The highest BCUT2D eigenvalue weighted by Gasteiger charge is 2.37. The molecule has 0 N–H and O–H groups in total. The van der Waals surface area contributed by atoms with Gasteiger partial charge in [-0.05, 0) is 19.4 Å². The molecule has 1 aromatic carbocycles. The van der Waals surface area contributed by atoms with Crippen LogP contribution in [-0.4, -0.2) is 9.97 Å². The van der Waals surface area contributed by atoms with Crippen molar-refractivity contribution in [1.29, 1.82) is 0 Å². The molecule has 0 aliphatic carbocycles. The molecule has 5 heteroatoms. The van der Waals surface area contributed by atoms with Gasteiger partial charge >= 0.3 is 6.18 Å². The highest BCUT2D eigenvalue weighted by molar-refractivity contribution is 5.68. The first-order valence-electron chi connectivity index (χ1n) is 5.37. The largest absolute Gasteiger partial charge is 0.434 e. The number of aryl methyl sites for hydroxylation is 2. The van der Waals surface area contributed by atoms with Crippen LogP contribution in [0.15, 0.2) is 30.3 Å². The van der Waals surface area contributed by atoms with Gasteiger partial charge in [-0.2, -0.15) is 13.2 Å². The molecule has 2 nitrogen and oxygen atoms in total. The Morgan fingerprint density at radius 1 is 0.944 bits per heavy atom. The van der Waals surface area contributed by atoms with Crippen LogP contribution in [0.4, 0.5) is 13.2 Å². The van der Waals surface area contributed by atoms with Crippen LogP contribution in [0, 0.1) is 13.8 Å². The molecule has 2 aromatic rings. The third-order valence-electron chi connectivity index (χ3n) is 2.53. The third-order valence-corrected chi connectivity index (χ3v) is 2.53. The van der Waals surface area contributed by atoms with E-state index in [0.717, 1.165) is 0 Å². The van der Waals surface area contributed by atoms with Crippen LogP contribution in [-0.2, 0) is 6.18 Å². The molecule has 0 unspecified atom stereocenters. The van der Waals surface area contributed by atoms with Crippen molar-refractivity contribution in [2.24, 2.45) is 0 Å². The van der Waals surface area contributed by atoms with Gasteiger partial charge in [0.2, 0.25) is 0 Å². The highest BCUT2D eigenvalue weighted by atomic mass is 19.4. The summed E-state index contributed by atoms with van der Waals surface area (Å²) in [7, 11) is 0. The van der Waals surface area contributed by atoms with E-state index in [1.54, 1.807) is 37.3 Å². The molecule has 1 heterocycles. The van der Waals surface area contributed by atoms with Gasteiger partial charge < -0.3 is 0 Å². The summed E-state index contributed by atoms with van der Waals surface area (Å²) in [5.41, 5.74) is -0.0178. The van der Waals surface area contributed by atoms with Crippen molar-refractivity contribution >= 4 is 0 Å². The van der Waals surface area contributed by atoms with Crippen LogP contribution in [0.1, 0.15) is 17.2 Å². The van der Waals surface area contributed by atoms with Crippen LogP contribution >= 0.6 is 0 Å². The summed E-state index contributed by atoms with van der Waals surface area (Å²) in [6.07, 6.45) is -4.48. The number of halogens is 3. The Kier molecular flexibility index (Phi) is 3.07. The molecular weight excluding hydrogens is 241 g/mol. The maximum atomic E-state index is 13.0. The van der Waals surface area contributed by atoms with E-state index in [9.17, 15) is 13.2 Å². The topological polar surface area (TPSA) is 25.8 Å². The Hall–Kier alpha value is -1.91. The highest BCUT2D eigenvalue weighted by Crippen LogP contribution is 2.36. The smallest absolute Gasteiger partial charge is 0.238 e. The first-order chi connectivity index (χ1) is 8.39. The second kappa shape index (κ2) is 4.40. The summed E-state index contributed by atoms with van der Waals surface area (Å²) in [6.45, 7) is 3.02. The van der Waals surface area contributed by atoms with E-state index in [2.05, 4.69) is 9.97 Å². The zero-order valence-electron chi connectivity index (χ0n) is 9.92. The number of alkyl halides is 3. The van der Waals surface area contributed by atoms with Gasteiger partial charge in [0.05, 0.1) is 0 Å². The quantitative estimate of drug-likeness (QED) is 0.771. The minimum Gasteiger partial charge on any atom is -0.238 e. The van der Waals surface area contributed by atoms with E-state index in [-0.39, 0.29) is 11.4 Å². The summed E-state index contributed by atoms with van der Waals surface area (Å²) < 4.78 is 39.0. The van der Waals surface area contributed by atoms with Gasteiger partial charge in [0.25, 0.3) is 0 Å². The molecule has 0 bridgehead atoms. The lowest BCUT2D eigenvalue weighted by molar-refractivity contribution is -0.140. The number of hydrogen-bond donors (Lipinski definition) is 0. The molecule has 0 saturated heterocycles. The standard InChI is InChI=1S/C13H11F3N2/c1-8-11(10-6-4-3-5-7-10)12(13(14,15)16)18-9(2)17-8/h3-7H,1-2H3. The number of aromatic nitrogens is 2. The van der Waals surface area contributed by atoms with Crippen molar-refractivity contribution < 1.29 is 13.2 Å². The number of benzene rings is 1. The second-order valence-corrected chi connectivity index (χ2v) is 3.94. The minimum atomic E-state index is -4.48. The van der Waals surface area contributed by atoms with Crippen LogP contribution < -0.4 is 0 Å². The molecule has 18 heavy (non-hydrogen) atoms. The van der Waals surface area contributed by atoms with Crippen molar-refractivity contribution in [1.82, 2.24) is 9.97 Å². The predicted octanol–water partition coefficient (Wildman–Crippen LogP) is 3.78. The van der Waals surface area contributed by atoms with Crippen molar-refractivity contribution in [3.05, 3.63) is 47.5 Å². The van der Waals surface area contributed by atoms with Crippen LogP contribution in [0.2, 0.25) is 0 Å². The van der Waals surface area contributed by atoms with E-state index < -0.39 is 11.9 Å². The Morgan fingerprint density at radius 3 is 2.11 bits per heavy atom. The van der Waals surface area contributed by atoms with Gasteiger partial charge in [0, 0.05) is 11.3 Å². The molecule has 0 radical (unpaired) electrons. The summed E-state index contributed by atoms with van der Waals surface area (Å²) in [4.78, 5) is 7.56. The SMILES string of the molecule is Cc1nc(C)c(-c2ccccc2)c(C(F)(F)F)n1. The zero-order chi connectivity index (χ0) is 13.3. The molecular formula is C13H11F3N2. The molecule has 2 rings (SSSR count). The van der Waals surface area contributed by atoms with Gasteiger partial charge in [0.15, 0.2) is 5.69 Å². The summed E-state index contributed by atoms with van der Waals surface area (Å²) in [6, 6.07) is 8.37. The molecule has 0 fully saturated rings.